The molecule has 0 N–H and O–H groups in total. The molecule has 0 saturated carbocycles. The lowest BCUT2D eigenvalue weighted by Crippen LogP contribution is -2.27. The van der Waals surface area contributed by atoms with E-state index in [9.17, 15) is 0 Å². The van der Waals surface area contributed by atoms with Crippen LogP contribution in [0.2, 0.25) is 0 Å². The maximum atomic E-state index is 7.03. The lowest BCUT2D eigenvalue weighted by molar-refractivity contribution is 0.479. The summed E-state index contributed by atoms with van der Waals surface area (Å²) in [5, 5.41) is 2.36. The molecular formula is C58H68N4O. The van der Waals surface area contributed by atoms with Crippen molar-refractivity contribution < 1.29 is 4.74 Å². The van der Waals surface area contributed by atoms with Gasteiger partial charge in [0.25, 0.3) is 0 Å². The van der Waals surface area contributed by atoms with Crippen molar-refractivity contribution in [1.82, 2.24) is 9.55 Å². The summed E-state index contributed by atoms with van der Waals surface area (Å²) in [6, 6.07) is 42.5. The zero-order valence-corrected chi connectivity index (χ0v) is 40.5. The zero-order valence-electron chi connectivity index (χ0n) is 40.5. The van der Waals surface area contributed by atoms with E-state index in [4.69, 9.17) is 9.72 Å². The first kappa shape index (κ1) is 43.8. The van der Waals surface area contributed by atoms with Crippen molar-refractivity contribution in [3.8, 4) is 17.3 Å². The molecule has 5 aromatic carbocycles. The molecule has 0 bridgehead atoms. The van der Waals surface area contributed by atoms with Crippen molar-refractivity contribution in [2.75, 3.05) is 16.5 Å². The highest BCUT2D eigenvalue weighted by Crippen LogP contribution is 2.43. The van der Waals surface area contributed by atoms with Gasteiger partial charge in [-0.1, -0.05) is 140 Å². The molecule has 0 amide bonds. The molecule has 5 nitrogen and oxygen atoms in total. The van der Waals surface area contributed by atoms with Crippen molar-refractivity contribution in [3.05, 3.63) is 161 Å². The highest BCUT2D eigenvalue weighted by molar-refractivity contribution is 6.09. The molecule has 2 aromatic heterocycles. The number of para-hydroxylation sites is 1. The maximum Gasteiger partial charge on any atom is 0.137 e. The lowest BCUT2D eigenvalue weighted by Gasteiger charge is -2.30. The molecule has 0 spiro atoms. The third-order valence-electron chi connectivity index (χ3n) is 12.7. The molecule has 1 aliphatic rings. The number of rotatable bonds is 6. The largest absolute Gasteiger partial charge is 0.457 e. The van der Waals surface area contributed by atoms with Gasteiger partial charge >= 0.3 is 0 Å². The van der Waals surface area contributed by atoms with Gasteiger partial charge in [0.1, 0.15) is 17.3 Å². The molecule has 1 aliphatic heterocycles. The van der Waals surface area contributed by atoms with Gasteiger partial charge in [-0.2, -0.15) is 0 Å². The molecule has 326 valence electrons. The van der Waals surface area contributed by atoms with Crippen molar-refractivity contribution in [3.63, 3.8) is 0 Å². The molecule has 0 fully saturated rings. The van der Waals surface area contributed by atoms with Crippen LogP contribution in [0.3, 0.4) is 0 Å². The van der Waals surface area contributed by atoms with Crippen LogP contribution in [0.25, 0.3) is 33.3 Å². The molecule has 0 radical (unpaired) electrons. The van der Waals surface area contributed by atoms with E-state index >= 15 is 0 Å². The minimum atomic E-state index is -0.135. The molecule has 3 heterocycles. The van der Waals surface area contributed by atoms with Crippen LogP contribution in [0.5, 0.6) is 11.5 Å². The van der Waals surface area contributed by atoms with E-state index in [0.29, 0.717) is 6.67 Å². The number of hydrogen-bond acceptors (Lipinski definition) is 4. The number of hydrogen-bond donors (Lipinski definition) is 0. The number of benzene rings is 5. The van der Waals surface area contributed by atoms with Crippen LogP contribution >= 0.6 is 0 Å². The van der Waals surface area contributed by atoms with Gasteiger partial charge in [-0.25, -0.2) is 4.98 Å². The topological polar surface area (TPSA) is 33.5 Å². The van der Waals surface area contributed by atoms with Gasteiger partial charge in [0.05, 0.1) is 23.4 Å². The van der Waals surface area contributed by atoms with Gasteiger partial charge in [0.15, 0.2) is 0 Å². The molecular weight excluding hydrogens is 769 g/mol. The average molecular weight is 837 g/mol. The Morgan fingerprint density at radius 1 is 0.460 bits per heavy atom. The number of fused-ring (bicyclic) bond motifs is 3. The van der Waals surface area contributed by atoms with Gasteiger partial charge in [-0.3, -0.25) is 4.57 Å². The van der Waals surface area contributed by atoms with Crippen LogP contribution in [0.1, 0.15) is 137 Å². The van der Waals surface area contributed by atoms with Crippen LogP contribution < -0.4 is 14.5 Å². The summed E-state index contributed by atoms with van der Waals surface area (Å²) in [6.07, 6.45) is 4.29. The van der Waals surface area contributed by atoms with Gasteiger partial charge < -0.3 is 14.5 Å². The SMILES string of the molecule is CC(C)(C)c1cccc(N2C=C(c3cc(C(C)(C)C)cc(C(C)(C)C)c3)N(c3cc(Oc4ccc5c6ccccc6n(-c6cc(C(C)(C)C)ccn6)c5c4)cc(C(C)(C)C)c3)C2)c1. The molecule has 63 heavy (non-hydrogen) atoms. The molecule has 0 unspecified atom stereocenters. The summed E-state index contributed by atoms with van der Waals surface area (Å²) in [5.41, 5.74) is 13.1. The molecule has 8 rings (SSSR count). The molecule has 0 saturated heterocycles. The van der Waals surface area contributed by atoms with Crippen LogP contribution in [0.4, 0.5) is 11.4 Å². The number of pyridine rings is 1. The first-order chi connectivity index (χ1) is 29.3. The van der Waals surface area contributed by atoms with Gasteiger partial charge in [0.2, 0.25) is 0 Å². The Morgan fingerprint density at radius 3 is 1.70 bits per heavy atom. The summed E-state index contributed by atoms with van der Waals surface area (Å²) < 4.78 is 9.31. The normalized spacial score (nSPS) is 14.2. The number of aromatic nitrogens is 2. The third kappa shape index (κ3) is 8.90. The fourth-order valence-corrected chi connectivity index (χ4v) is 8.52. The van der Waals surface area contributed by atoms with Crippen molar-refractivity contribution in [2.45, 2.75) is 131 Å². The third-order valence-corrected chi connectivity index (χ3v) is 12.7. The van der Waals surface area contributed by atoms with Crippen molar-refractivity contribution in [1.29, 1.82) is 0 Å². The smallest absolute Gasteiger partial charge is 0.137 e. The minimum absolute atomic E-state index is 0.0113. The van der Waals surface area contributed by atoms with E-state index in [2.05, 4.69) is 240 Å². The van der Waals surface area contributed by atoms with Gasteiger partial charge in [-0.15, -0.1) is 0 Å². The van der Waals surface area contributed by atoms with Crippen LogP contribution in [0.15, 0.2) is 128 Å². The first-order valence-electron chi connectivity index (χ1n) is 22.7. The van der Waals surface area contributed by atoms with E-state index < -0.39 is 0 Å². The van der Waals surface area contributed by atoms with Gasteiger partial charge in [-0.05, 0) is 122 Å². The Morgan fingerprint density at radius 2 is 1.05 bits per heavy atom. The Balaban J connectivity index is 1.27. The molecule has 7 aromatic rings. The van der Waals surface area contributed by atoms with E-state index in [1.807, 2.05) is 6.20 Å². The second kappa shape index (κ2) is 15.5. The van der Waals surface area contributed by atoms with E-state index in [1.165, 1.54) is 55.5 Å². The van der Waals surface area contributed by atoms with E-state index in [0.717, 1.165) is 34.0 Å². The summed E-state index contributed by atoms with van der Waals surface area (Å²) in [6.45, 7) is 35.0. The predicted molar refractivity (Wildman–Crippen MR) is 269 cm³/mol. The monoisotopic (exact) mass is 837 g/mol. The number of anilines is 2. The second-order valence-electron chi connectivity index (χ2n) is 22.9. The van der Waals surface area contributed by atoms with E-state index in [-0.39, 0.29) is 27.1 Å². The van der Waals surface area contributed by atoms with Crippen molar-refractivity contribution in [2.24, 2.45) is 0 Å². The Kier molecular flexibility index (Phi) is 10.8. The Labute approximate surface area is 377 Å². The van der Waals surface area contributed by atoms with Gasteiger partial charge in [0, 0.05) is 52.2 Å². The second-order valence-corrected chi connectivity index (χ2v) is 22.9. The maximum absolute atomic E-state index is 7.03. The van der Waals surface area contributed by atoms with Crippen LogP contribution in [-0.2, 0) is 27.1 Å². The number of ether oxygens (including phenoxy) is 1. The quantitative estimate of drug-likeness (QED) is 0.167. The average Bonchev–Trinajstić information content (AvgIpc) is 3.79. The lowest BCUT2D eigenvalue weighted by atomic mass is 9.79. The predicted octanol–water partition coefficient (Wildman–Crippen LogP) is 15.7. The van der Waals surface area contributed by atoms with Crippen molar-refractivity contribution >= 4 is 38.9 Å². The van der Waals surface area contributed by atoms with Crippen LogP contribution in [0, 0.1) is 0 Å². The fraction of sp³-hybridized carbons (Fsp3) is 0.362. The molecule has 5 heteroatoms. The summed E-state index contributed by atoms with van der Waals surface area (Å²) >= 11 is 0. The van der Waals surface area contributed by atoms with E-state index in [1.54, 1.807) is 0 Å². The first-order valence-corrected chi connectivity index (χ1v) is 22.7. The minimum Gasteiger partial charge on any atom is -0.457 e. The Hall–Kier alpha value is -5.81. The summed E-state index contributed by atoms with van der Waals surface area (Å²) in [4.78, 5) is 9.81. The highest BCUT2D eigenvalue weighted by Gasteiger charge is 2.30. The zero-order chi connectivity index (χ0) is 45.4. The Bertz CT molecular complexity index is 2840. The summed E-state index contributed by atoms with van der Waals surface area (Å²) in [5.74, 6) is 2.48. The summed E-state index contributed by atoms with van der Waals surface area (Å²) in [7, 11) is 0. The number of nitrogens with zero attached hydrogens (tertiary/aromatic N) is 4. The standard InChI is InChI=1S/C58H68N4O/c1-54(2,3)39-19-18-20-44(30-39)60-36-52(38-27-41(56(7,8)9)29-42(28-38)57(10,11)12)61(37-60)45-31-43(58(13,14)15)32-47(34-45)63-46-23-24-49-48-21-16-17-22-50(48)62(51(49)35-46)53-33-40(25-26-59-53)55(4,5)6/h16-36H,37H2,1-15H3. The molecule has 0 aliphatic carbocycles. The van der Waals surface area contributed by atoms with Crippen LogP contribution in [-0.4, -0.2) is 16.2 Å². The fourth-order valence-electron chi connectivity index (χ4n) is 8.52. The molecule has 0 atom stereocenters. The highest BCUT2D eigenvalue weighted by atomic mass is 16.5.